The van der Waals surface area contributed by atoms with E-state index in [2.05, 4.69) is 6.92 Å². The number of aliphatic carboxylic acids is 1. The number of carbonyl (C=O) groups excluding carboxylic acids is 1. The van der Waals surface area contributed by atoms with Crippen molar-refractivity contribution in [2.24, 2.45) is 5.92 Å². The molecule has 1 N–H and O–H groups in total. The first-order chi connectivity index (χ1) is 9.25. The molecule has 20 heavy (non-hydrogen) atoms. The second kappa shape index (κ2) is 6.95. The summed E-state index contributed by atoms with van der Waals surface area (Å²) in [5.41, 5.74) is -0.359. The van der Waals surface area contributed by atoms with Crippen LogP contribution in [0, 0.1) is 5.92 Å². The minimum atomic E-state index is -0.865. The highest BCUT2D eigenvalue weighted by Crippen LogP contribution is 2.30. The van der Waals surface area contributed by atoms with Crippen LogP contribution < -0.4 is 0 Å². The van der Waals surface area contributed by atoms with Gasteiger partial charge >= 0.3 is 12.0 Å². The Morgan fingerprint density at radius 2 is 1.80 bits per heavy atom. The van der Waals surface area contributed by atoms with Crippen LogP contribution in [0.25, 0.3) is 0 Å². The SMILES string of the molecule is CCCN(CC1CC1)C(=O)N(CCC(=O)O)C(C)(C)C. The van der Waals surface area contributed by atoms with Gasteiger partial charge < -0.3 is 14.9 Å². The predicted octanol–water partition coefficient (Wildman–Crippen LogP) is 2.80. The maximum atomic E-state index is 12.7. The number of hydrogen-bond acceptors (Lipinski definition) is 2. The largest absolute Gasteiger partial charge is 0.481 e. The van der Waals surface area contributed by atoms with Gasteiger partial charge in [-0.1, -0.05) is 6.92 Å². The van der Waals surface area contributed by atoms with Gasteiger partial charge in [0.25, 0.3) is 0 Å². The lowest BCUT2D eigenvalue weighted by Gasteiger charge is -2.39. The normalized spacial score (nSPS) is 15.0. The summed E-state index contributed by atoms with van der Waals surface area (Å²) in [4.78, 5) is 27.1. The molecule has 116 valence electrons. The number of carboxylic acid groups (broad SMARTS) is 1. The maximum absolute atomic E-state index is 12.7. The molecule has 5 nitrogen and oxygen atoms in total. The molecule has 0 bridgehead atoms. The number of carboxylic acids is 1. The Kier molecular flexibility index (Phi) is 5.84. The zero-order chi connectivity index (χ0) is 15.3. The Balaban J connectivity index is 2.73. The summed E-state index contributed by atoms with van der Waals surface area (Å²) < 4.78 is 0. The van der Waals surface area contributed by atoms with Gasteiger partial charge in [0, 0.05) is 25.2 Å². The van der Waals surface area contributed by atoms with Gasteiger partial charge in [0.1, 0.15) is 0 Å². The van der Waals surface area contributed by atoms with E-state index in [1.807, 2.05) is 25.7 Å². The molecular weight excluding hydrogens is 256 g/mol. The van der Waals surface area contributed by atoms with Crippen LogP contribution in [0.5, 0.6) is 0 Å². The average molecular weight is 284 g/mol. The summed E-state index contributed by atoms with van der Waals surface area (Å²) in [5, 5.41) is 8.86. The molecule has 1 aliphatic rings. The molecule has 1 aliphatic carbocycles. The number of amides is 2. The van der Waals surface area contributed by atoms with Crippen molar-refractivity contribution in [1.29, 1.82) is 0 Å². The molecular formula is C15H28N2O3. The smallest absolute Gasteiger partial charge is 0.320 e. The Morgan fingerprint density at radius 1 is 1.20 bits per heavy atom. The Morgan fingerprint density at radius 3 is 2.20 bits per heavy atom. The van der Waals surface area contributed by atoms with Crippen molar-refractivity contribution >= 4 is 12.0 Å². The first-order valence-corrected chi connectivity index (χ1v) is 7.54. The zero-order valence-electron chi connectivity index (χ0n) is 13.2. The Labute approximate surface area is 121 Å². The van der Waals surface area contributed by atoms with Crippen LogP contribution in [0.4, 0.5) is 4.79 Å². The number of hydrogen-bond donors (Lipinski definition) is 1. The van der Waals surface area contributed by atoms with E-state index in [1.54, 1.807) is 4.90 Å². The van der Waals surface area contributed by atoms with Crippen LogP contribution in [-0.4, -0.2) is 52.1 Å². The molecule has 1 fully saturated rings. The Hall–Kier alpha value is -1.26. The van der Waals surface area contributed by atoms with Crippen molar-refractivity contribution in [1.82, 2.24) is 9.80 Å². The molecule has 0 aliphatic heterocycles. The quantitative estimate of drug-likeness (QED) is 0.782. The molecule has 0 atom stereocenters. The van der Waals surface area contributed by atoms with Gasteiger partial charge in [-0.15, -0.1) is 0 Å². The second-order valence-electron chi connectivity index (χ2n) is 6.64. The number of urea groups is 1. The van der Waals surface area contributed by atoms with Crippen LogP contribution in [0.15, 0.2) is 0 Å². The molecule has 0 heterocycles. The van der Waals surface area contributed by atoms with Crippen molar-refractivity contribution in [3.8, 4) is 0 Å². The third-order valence-electron chi connectivity index (χ3n) is 3.53. The maximum Gasteiger partial charge on any atom is 0.320 e. The van der Waals surface area contributed by atoms with E-state index in [-0.39, 0.29) is 24.5 Å². The van der Waals surface area contributed by atoms with Crippen LogP contribution in [0.3, 0.4) is 0 Å². The molecule has 0 aromatic heterocycles. The molecule has 0 saturated heterocycles. The van der Waals surface area contributed by atoms with Crippen LogP contribution in [-0.2, 0) is 4.79 Å². The monoisotopic (exact) mass is 284 g/mol. The topological polar surface area (TPSA) is 60.9 Å². The third kappa shape index (κ3) is 5.39. The van der Waals surface area contributed by atoms with E-state index in [4.69, 9.17) is 5.11 Å². The highest BCUT2D eigenvalue weighted by atomic mass is 16.4. The summed E-state index contributed by atoms with van der Waals surface area (Å²) in [6.07, 6.45) is 3.33. The first kappa shape index (κ1) is 16.8. The molecule has 0 radical (unpaired) electrons. The van der Waals surface area contributed by atoms with Gasteiger partial charge in [-0.05, 0) is 46.0 Å². The van der Waals surface area contributed by atoms with Crippen LogP contribution in [0.1, 0.15) is 53.4 Å². The summed E-state index contributed by atoms with van der Waals surface area (Å²) in [5.74, 6) is -0.219. The zero-order valence-corrected chi connectivity index (χ0v) is 13.2. The lowest BCUT2D eigenvalue weighted by Crippen LogP contribution is -2.53. The third-order valence-corrected chi connectivity index (χ3v) is 3.53. The van der Waals surface area contributed by atoms with E-state index < -0.39 is 5.97 Å². The molecule has 0 unspecified atom stereocenters. The fourth-order valence-corrected chi connectivity index (χ4v) is 2.24. The van der Waals surface area contributed by atoms with Gasteiger partial charge in [-0.25, -0.2) is 4.79 Å². The van der Waals surface area contributed by atoms with Gasteiger partial charge in [-0.3, -0.25) is 4.79 Å². The fourth-order valence-electron chi connectivity index (χ4n) is 2.24. The van der Waals surface area contributed by atoms with Crippen molar-refractivity contribution < 1.29 is 14.7 Å². The highest BCUT2D eigenvalue weighted by molar-refractivity contribution is 5.76. The van der Waals surface area contributed by atoms with Gasteiger partial charge in [-0.2, -0.15) is 0 Å². The fraction of sp³-hybridized carbons (Fsp3) is 0.867. The average Bonchev–Trinajstić information content (AvgIpc) is 3.10. The summed E-state index contributed by atoms with van der Waals surface area (Å²) in [6.45, 7) is 9.74. The van der Waals surface area contributed by atoms with E-state index >= 15 is 0 Å². The van der Waals surface area contributed by atoms with E-state index in [0.29, 0.717) is 5.92 Å². The minimum Gasteiger partial charge on any atom is -0.481 e. The van der Waals surface area contributed by atoms with Gasteiger partial charge in [0.15, 0.2) is 0 Å². The lowest BCUT2D eigenvalue weighted by molar-refractivity contribution is -0.137. The van der Waals surface area contributed by atoms with Crippen molar-refractivity contribution in [3.05, 3.63) is 0 Å². The second-order valence-corrected chi connectivity index (χ2v) is 6.64. The number of nitrogens with zero attached hydrogens (tertiary/aromatic N) is 2. The Bertz CT molecular complexity index is 346. The van der Waals surface area contributed by atoms with Gasteiger partial charge in [0.05, 0.1) is 6.42 Å². The highest BCUT2D eigenvalue weighted by Gasteiger charge is 2.33. The molecule has 1 rings (SSSR count). The molecule has 0 aromatic rings. The van der Waals surface area contributed by atoms with Crippen molar-refractivity contribution in [2.75, 3.05) is 19.6 Å². The lowest BCUT2D eigenvalue weighted by atomic mass is 10.1. The minimum absolute atomic E-state index is 0.00754. The summed E-state index contributed by atoms with van der Waals surface area (Å²) in [7, 11) is 0. The molecule has 0 aromatic carbocycles. The molecule has 5 heteroatoms. The summed E-state index contributed by atoms with van der Waals surface area (Å²) in [6, 6.07) is -0.0208. The number of carbonyl (C=O) groups is 2. The first-order valence-electron chi connectivity index (χ1n) is 7.54. The standard InChI is InChI=1S/C15H28N2O3/c1-5-9-16(11-12-6-7-12)14(20)17(15(2,3)4)10-8-13(18)19/h12H,5-11H2,1-4H3,(H,18,19). The summed E-state index contributed by atoms with van der Waals surface area (Å²) >= 11 is 0. The van der Waals surface area contributed by atoms with E-state index in [0.717, 1.165) is 19.5 Å². The molecule has 1 saturated carbocycles. The van der Waals surface area contributed by atoms with Gasteiger partial charge in [0.2, 0.25) is 0 Å². The van der Waals surface area contributed by atoms with Crippen LogP contribution >= 0.6 is 0 Å². The molecule has 0 spiro atoms. The van der Waals surface area contributed by atoms with Crippen LogP contribution in [0.2, 0.25) is 0 Å². The number of rotatable bonds is 7. The van der Waals surface area contributed by atoms with Crippen molar-refractivity contribution in [3.63, 3.8) is 0 Å². The van der Waals surface area contributed by atoms with E-state index in [9.17, 15) is 9.59 Å². The van der Waals surface area contributed by atoms with E-state index in [1.165, 1.54) is 12.8 Å². The van der Waals surface area contributed by atoms with Crippen molar-refractivity contribution in [2.45, 2.75) is 58.9 Å². The predicted molar refractivity (Wildman–Crippen MR) is 78.7 cm³/mol. The molecule has 2 amide bonds.